The van der Waals surface area contributed by atoms with Crippen LogP contribution in [0.3, 0.4) is 0 Å². The first-order valence-corrected chi connectivity index (χ1v) is 5.76. The van der Waals surface area contributed by atoms with E-state index in [4.69, 9.17) is 11.6 Å². The van der Waals surface area contributed by atoms with E-state index in [1.807, 2.05) is 7.05 Å². The van der Waals surface area contributed by atoms with Gasteiger partial charge in [0.05, 0.1) is 6.33 Å². The van der Waals surface area contributed by atoms with E-state index in [0.717, 1.165) is 25.9 Å². The first kappa shape index (κ1) is 11.4. The molecule has 16 heavy (non-hydrogen) atoms. The molecule has 0 radical (unpaired) electrons. The Morgan fingerprint density at radius 3 is 3.31 bits per heavy atom. The van der Waals surface area contributed by atoms with E-state index in [0.29, 0.717) is 11.9 Å². The van der Waals surface area contributed by atoms with Crippen LogP contribution in [0.4, 0.5) is 5.82 Å². The Balaban J connectivity index is 2.29. The quantitative estimate of drug-likeness (QED) is 0.816. The molecule has 0 bridgehead atoms. The molecule has 1 atom stereocenters. The molecule has 0 amide bonds. The van der Waals surface area contributed by atoms with Gasteiger partial charge >= 0.3 is 0 Å². The first-order chi connectivity index (χ1) is 7.74. The Morgan fingerprint density at radius 1 is 1.75 bits per heavy atom. The Hall–Kier alpha value is -1.07. The summed E-state index contributed by atoms with van der Waals surface area (Å²) in [5.41, 5.74) is -0.276. The maximum absolute atomic E-state index is 11.4. The molecule has 0 saturated carbocycles. The molecular weight excluding hydrogens is 228 g/mol. The fraction of sp³-hybridized carbons (Fsp3) is 0.600. The fourth-order valence-corrected chi connectivity index (χ4v) is 2.35. The molecule has 0 aliphatic carbocycles. The Kier molecular flexibility index (Phi) is 3.46. The Labute approximate surface area is 98.8 Å². The largest absolute Gasteiger partial charge is 0.351 e. The smallest absolute Gasteiger partial charge is 0.271 e. The summed E-state index contributed by atoms with van der Waals surface area (Å²) in [6, 6.07) is 0.372. The van der Waals surface area contributed by atoms with Gasteiger partial charge in [-0.2, -0.15) is 0 Å². The second-order valence-corrected chi connectivity index (χ2v) is 4.29. The van der Waals surface area contributed by atoms with Gasteiger partial charge in [0, 0.05) is 19.1 Å². The van der Waals surface area contributed by atoms with Crippen molar-refractivity contribution in [2.75, 3.05) is 25.0 Å². The van der Waals surface area contributed by atoms with Crippen LogP contribution < -0.4 is 15.8 Å². The van der Waals surface area contributed by atoms with Crippen LogP contribution in [-0.4, -0.2) is 36.1 Å². The zero-order valence-electron chi connectivity index (χ0n) is 9.16. The molecule has 88 valence electrons. The Morgan fingerprint density at radius 2 is 2.56 bits per heavy atom. The molecule has 1 saturated heterocycles. The van der Waals surface area contributed by atoms with Gasteiger partial charge < -0.3 is 15.2 Å². The van der Waals surface area contributed by atoms with Crippen LogP contribution >= 0.6 is 11.6 Å². The second kappa shape index (κ2) is 4.84. The lowest BCUT2D eigenvalue weighted by molar-refractivity contribution is 0.611. The van der Waals surface area contributed by atoms with E-state index >= 15 is 0 Å². The van der Waals surface area contributed by atoms with Crippen LogP contribution in [0, 0.1) is 0 Å². The van der Waals surface area contributed by atoms with E-state index in [1.165, 1.54) is 6.33 Å². The summed E-state index contributed by atoms with van der Waals surface area (Å²) in [4.78, 5) is 20.1. The van der Waals surface area contributed by atoms with Crippen LogP contribution in [0.15, 0.2) is 11.1 Å². The summed E-state index contributed by atoms with van der Waals surface area (Å²) >= 11 is 5.97. The second-order valence-electron chi connectivity index (χ2n) is 3.92. The van der Waals surface area contributed by atoms with Crippen molar-refractivity contribution in [1.82, 2.24) is 15.3 Å². The summed E-state index contributed by atoms with van der Waals surface area (Å²) in [5.74, 6) is 0.600. The number of aromatic amines is 1. The minimum Gasteiger partial charge on any atom is -0.351 e. The van der Waals surface area contributed by atoms with Crippen molar-refractivity contribution in [2.24, 2.45) is 0 Å². The number of nitrogens with one attached hydrogen (secondary N) is 2. The van der Waals surface area contributed by atoms with Crippen molar-refractivity contribution in [3.63, 3.8) is 0 Å². The molecule has 2 heterocycles. The summed E-state index contributed by atoms with van der Waals surface area (Å²) in [7, 11) is 1.92. The van der Waals surface area contributed by atoms with Gasteiger partial charge in [0.2, 0.25) is 0 Å². The van der Waals surface area contributed by atoms with Gasteiger partial charge in [0.1, 0.15) is 5.02 Å². The standard InChI is InChI=1S/C10H15ClN4O/c1-12-5-7-3-2-4-15(7)9-8(11)10(16)14-6-13-9/h6-7,12H,2-5H2,1H3,(H,13,14,16). The highest BCUT2D eigenvalue weighted by Gasteiger charge is 2.27. The molecule has 1 fully saturated rings. The number of anilines is 1. The van der Waals surface area contributed by atoms with Crippen LogP contribution in [0.5, 0.6) is 0 Å². The zero-order valence-corrected chi connectivity index (χ0v) is 9.92. The predicted octanol–water partition coefficient (Wildman–Crippen LogP) is 0.611. The molecule has 1 unspecified atom stereocenters. The molecule has 1 aromatic heterocycles. The number of hydrogen-bond donors (Lipinski definition) is 2. The molecule has 6 heteroatoms. The lowest BCUT2D eigenvalue weighted by Gasteiger charge is -2.25. The number of likely N-dealkylation sites (N-methyl/N-ethyl adjacent to an activating group) is 1. The third kappa shape index (κ3) is 2.05. The summed E-state index contributed by atoms with van der Waals surface area (Å²) in [6.07, 6.45) is 3.61. The molecule has 0 spiro atoms. The van der Waals surface area contributed by atoms with Crippen molar-refractivity contribution >= 4 is 17.4 Å². The fourth-order valence-electron chi connectivity index (χ4n) is 2.14. The van der Waals surface area contributed by atoms with E-state index in [-0.39, 0.29) is 10.6 Å². The van der Waals surface area contributed by atoms with Gasteiger partial charge in [-0.25, -0.2) is 4.98 Å². The average molecular weight is 243 g/mol. The maximum Gasteiger partial charge on any atom is 0.271 e. The topological polar surface area (TPSA) is 61.0 Å². The van der Waals surface area contributed by atoms with Crippen LogP contribution in [0.25, 0.3) is 0 Å². The van der Waals surface area contributed by atoms with Gasteiger partial charge in [0.15, 0.2) is 5.82 Å². The normalized spacial score (nSPS) is 20.4. The van der Waals surface area contributed by atoms with Crippen LogP contribution in [0.1, 0.15) is 12.8 Å². The molecule has 0 aromatic carbocycles. The molecule has 1 aliphatic rings. The highest BCUT2D eigenvalue weighted by Crippen LogP contribution is 2.26. The van der Waals surface area contributed by atoms with Crippen LogP contribution in [0.2, 0.25) is 5.02 Å². The first-order valence-electron chi connectivity index (χ1n) is 5.38. The summed E-state index contributed by atoms with van der Waals surface area (Å²) in [6.45, 7) is 1.79. The van der Waals surface area contributed by atoms with Gasteiger partial charge in [0.25, 0.3) is 5.56 Å². The number of aromatic nitrogens is 2. The SMILES string of the molecule is CNCC1CCCN1c1nc[nH]c(=O)c1Cl. The van der Waals surface area contributed by atoms with E-state index < -0.39 is 0 Å². The third-order valence-electron chi connectivity index (χ3n) is 2.87. The van der Waals surface area contributed by atoms with Gasteiger partial charge in [-0.15, -0.1) is 0 Å². The zero-order chi connectivity index (χ0) is 11.5. The lowest BCUT2D eigenvalue weighted by Crippen LogP contribution is -2.38. The molecule has 2 rings (SSSR count). The van der Waals surface area contributed by atoms with Crippen molar-refractivity contribution in [3.8, 4) is 0 Å². The van der Waals surface area contributed by atoms with Gasteiger partial charge in [-0.05, 0) is 19.9 Å². The Bertz CT molecular complexity index is 420. The minimum absolute atomic E-state index is 0.186. The molecule has 1 aromatic rings. The monoisotopic (exact) mass is 242 g/mol. The van der Waals surface area contributed by atoms with Crippen molar-refractivity contribution in [2.45, 2.75) is 18.9 Å². The highest BCUT2D eigenvalue weighted by atomic mass is 35.5. The molecule has 1 aliphatic heterocycles. The van der Waals surface area contributed by atoms with Gasteiger partial charge in [-0.3, -0.25) is 4.79 Å². The number of H-pyrrole nitrogens is 1. The maximum atomic E-state index is 11.4. The van der Waals surface area contributed by atoms with Crippen LogP contribution in [-0.2, 0) is 0 Å². The molecule has 5 nitrogen and oxygen atoms in total. The van der Waals surface area contributed by atoms with Crippen molar-refractivity contribution in [1.29, 1.82) is 0 Å². The van der Waals surface area contributed by atoms with Gasteiger partial charge in [-0.1, -0.05) is 11.6 Å². The lowest BCUT2D eigenvalue weighted by atomic mass is 10.2. The highest BCUT2D eigenvalue weighted by molar-refractivity contribution is 6.32. The summed E-state index contributed by atoms with van der Waals surface area (Å²) < 4.78 is 0. The van der Waals surface area contributed by atoms with Crippen molar-refractivity contribution in [3.05, 3.63) is 21.7 Å². The third-order valence-corrected chi connectivity index (χ3v) is 3.21. The summed E-state index contributed by atoms with van der Waals surface area (Å²) in [5, 5.41) is 3.33. The number of hydrogen-bond acceptors (Lipinski definition) is 4. The number of halogens is 1. The minimum atomic E-state index is -0.276. The number of nitrogens with zero attached hydrogens (tertiary/aromatic N) is 2. The predicted molar refractivity (Wildman–Crippen MR) is 64.2 cm³/mol. The van der Waals surface area contributed by atoms with E-state index in [9.17, 15) is 4.79 Å². The number of rotatable bonds is 3. The van der Waals surface area contributed by atoms with E-state index in [1.54, 1.807) is 0 Å². The average Bonchev–Trinajstić information content (AvgIpc) is 2.71. The van der Waals surface area contributed by atoms with E-state index in [2.05, 4.69) is 20.2 Å². The van der Waals surface area contributed by atoms with Crippen molar-refractivity contribution < 1.29 is 0 Å². The molecule has 2 N–H and O–H groups in total. The molecular formula is C10H15ClN4O.